The second-order valence-corrected chi connectivity index (χ2v) is 13.4. The van der Waals surface area contributed by atoms with E-state index in [4.69, 9.17) is 9.47 Å². The summed E-state index contributed by atoms with van der Waals surface area (Å²) in [4.78, 5) is 50.1. The number of ether oxygens (including phenoxy) is 2. The van der Waals surface area contributed by atoms with Crippen LogP contribution in [0.15, 0.2) is 35.9 Å². The summed E-state index contributed by atoms with van der Waals surface area (Å²) in [6.45, 7) is 4.34. The number of Topliss-reactive ketones (excluding diaryl/α,β-unsaturated/α-hetero) is 1. The fourth-order valence-electron chi connectivity index (χ4n) is 8.81. The maximum atomic E-state index is 13.4. The van der Waals surface area contributed by atoms with Crippen molar-refractivity contribution in [2.75, 3.05) is 20.3 Å². The zero-order valence-corrected chi connectivity index (χ0v) is 25.2. The lowest BCUT2D eigenvalue weighted by Gasteiger charge is -2.58. The molecule has 0 heterocycles. The predicted octanol–water partition coefficient (Wildman–Crippen LogP) is 4.51. The quantitative estimate of drug-likeness (QED) is 0.392. The van der Waals surface area contributed by atoms with Crippen LogP contribution >= 0.6 is 0 Å². The average Bonchev–Trinajstić information content (AvgIpc) is 3.26. The molecule has 228 valence electrons. The van der Waals surface area contributed by atoms with Crippen molar-refractivity contribution in [1.82, 2.24) is 5.32 Å². The molecular weight excluding hydrogens is 534 g/mol. The van der Waals surface area contributed by atoms with Gasteiger partial charge in [0, 0.05) is 24.8 Å². The molecule has 0 saturated heterocycles. The molecule has 8 nitrogen and oxygen atoms in total. The highest BCUT2D eigenvalue weighted by Crippen LogP contribution is 2.67. The van der Waals surface area contributed by atoms with Gasteiger partial charge in [0.05, 0.1) is 13.5 Å². The minimum Gasteiger partial charge on any atom is -0.497 e. The third kappa shape index (κ3) is 5.54. The first-order chi connectivity index (χ1) is 20.0. The number of carbonyl (C=O) groups is 4. The third-order valence-corrected chi connectivity index (χ3v) is 11.4. The van der Waals surface area contributed by atoms with Gasteiger partial charge in [-0.15, -0.1) is 0 Å². The second-order valence-electron chi connectivity index (χ2n) is 13.4. The number of hydrogen-bond acceptors (Lipinski definition) is 7. The van der Waals surface area contributed by atoms with Gasteiger partial charge in [-0.25, -0.2) is 0 Å². The molecule has 42 heavy (non-hydrogen) atoms. The molecule has 4 aliphatic rings. The molecular formula is C34H45NO7. The van der Waals surface area contributed by atoms with Crippen molar-refractivity contribution in [3.8, 4) is 5.75 Å². The van der Waals surface area contributed by atoms with E-state index in [0.717, 1.165) is 49.8 Å². The van der Waals surface area contributed by atoms with Gasteiger partial charge in [0.2, 0.25) is 11.7 Å². The fourth-order valence-corrected chi connectivity index (χ4v) is 8.81. The number of fused-ring (bicyclic) bond motifs is 5. The Morgan fingerprint density at radius 2 is 1.71 bits per heavy atom. The van der Waals surface area contributed by atoms with Gasteiger partial charge in [0.25, 0.3) is 0 Å². The molecule has 0 spiro atoms. The van der Waals surface area contributed by atoms with Crippen molar-refractivity contribution < 1.29 is 33.8 Å². The Balaban J connectivity index is 1.09. The molecule has 0 aromatic heterocycles. The highest BCUT2D eigenvalue weighted by Gasteiger charge is 2.66. The Morgan fingerprint density at radius 3 is 2.45 bits per heavy atom. The van der Waals surface area contributed by atoms with Crippen LogP contribution in [0.5, 0.6) is 5.75 Å². The molecule has 6 atom stereocenters. The van der Waals surface area contributed by atoms with Crippen molar-refractivity contribution >= 4 is 23.4 Å². The second kappa shape index (κ2) is 11.9. The van der Waals surface area contributed by atoms with Gasteiger partial charge in [-0.3, -0.25) is 19.2 Å². The lowest BCUT2D eigenvalue weighted by Crippen LogP contribution is -2.58. The predicted molar refractivity (Wildman–Crippen MR) is 157 cm³/mol. The van der Waals surface area contributed by atoms with Crippen LogP contribution in [-0.4, -0.2) is 54.4 Å². The maximum Gasteiger partial charge on any atom is 0.306 e. The topological polar surface area (TPSA) is 119 Å². The molecule has 0 unspecified atom stereocenters. The standard InChI is InChI=1S/C34H45NO7/c1-32-16-12-24(36)20-23(32)6-9-26-27(32)13-17-33(2)28(26)14-18-34(33,40)29(37)21-42-31(39)11-10-30(38)35-19-15-22-4-7-25(41-3)8-5-22/h4-5,7-8,20,26-28,40H,6,9-19,21H2,1-3H3,(H,35,38)/t26-,27+,28-,32+,33-,34+/m1/s1. The molecule has 8 heteroatoms. The van der Waals surface area contributed by atoms with E-state index in [1.165, 1.54) is 5.57 Å². The number of aliphatic hydroxyl groups is 1. The normalized spacial score (nSPS) is 33.5. The van der Waals surface area contributed by atoms with Gasteiger partial charge in [0.15, 0.2) is 12.4 Å². The number of hydrogen-bond donors (Lipinski definition) is 2. The van der Waals surface area contributed by atoms with E-state index < -0.39 is 29.4 Å². The number of rotatable bonds is 10. The maximum absolute atomic E-state index is 13.4. The van der Waals surface area contributed by atoms with Crippen molar-refractivity contribution in [3.63, 3.8) is 0 Å². The van der Waals surface area contributed by atoms with Crippen LogP contribution in [0.2, 0.25) is 0 Å². The van der Waals surface area contributed by atoms with Gasteiger partial charge in [0.1, 0.15) is 11.4 Å². The Hall–Kier alpha value is -3.00. The highest BCUT2D eigenvalue weighted by atomic mass is 16.5. The summed E-state index contributed by atoms with van der Waals surface area (Å²) in [7, 11) is 1.61. The van der Waals surface area contributed by atoms with E-state index in [-0.39, 0.29) is 35.9 Å². The van der Waals surface area contributed by atoms with Gasteiger partial charge < -0.3 is 19.9 Å². The molecule has 1 aromatic carbocycles. The number of amides is 1. The number of allylic oxidation sites excluding steroid dienone is 1. The molecule has 1 aromatic rings. The molecule has 0 radical (unpaired) electrons. The van der Waals surface area contributed by atoms with E-state index >= 15 is 0 Å². The van der Waals surface area contributed by atoms with Crippen LogP contribution in [0, 0.1) is 28.6 Å². The Kier molecular flexibility index (Phi) is 8.66. The Bertz CT molecular complexity index is 1250. The molecule has 3 fully saturated rings. The molecule has 2 N–H and O–H groups in total. The van der Waals surface area contributed by atoms with Crippen molar-refractivity contribution in [3.05, 3.63) is 41.5 Å². The molecule has 3 saturated carbocycles. The van der Waals surface area contributed by atoms with E-state index in [2.05, 4.69) is 19.2 Å². The van der Waals surface area contributed by atoms with Crippen LogP contribution in [0.1, 0.15) is 83.6 Å². The summed E-state index contributed by atoms with van der Waals surface area (Å²) in [6, 6.07) is 7.61. The highest BCUT2D eigenvalue weighted by molar-refractivity contribution is 5.92. The van der Waals surface area contributed by atoms with E-state index in [9.17, 15) is 24.3 Å². The first kappa shape index (κ1) is 30.5. The Morgan fingerprint density at radius 1 is 0.976 bits per heavy atom. The van der Waals surface area contributed by atoms with Gasteiger partial charge in [-0.2, -0.15) is 0 Å². The summed E-state index contributed by atoms with van der Waals surface area (Å²) < 4.78 is 10.4. The summed E-state index contributed by atoms with van der Waals surface area (Å²) >= 11 is 0. The number of esters is 1. The Labute approximate surface area is 248 Å². The number of nitrogens with one attached hydrogen (secondary N) is 1. The minimum atomic E-state index is -1.53. The summed E-state index contributed by atoms with van der Waals surface area (Å²) in [5.74, 6) is 0.791. The first-order valence-electron chi connectivity index (χ1n) is 15.5. The number of ketones is 2. The largest absolute Gasteiger partial charge is 0.497 e. The van der Waals surface area contributed by atoms with Crippen LogP contribution in [0.3, 0.4) is 0 Å². The minimum absolute atomic E-state index is 0.0242. The first-order valence-corrected chi connectivity index (χ1v) is 15.5. The van der Waals surface area contributed by atoms with Crippen LogP contribution in [-0.2, 0) is 30.3 Å². The van der Waals surface area contributed by atoms with E-state index in [1.54, 1.807) is 7.11 Å². The molecule has 0 aliphatic heterocycles. The molecule has 5 rings (SSSR count). The zero-order chi connectivity index (χ0) is 30.1. The SMILES string of the molecule is COc1ccc(CCNC(=O)CCC(=O)OCC(=O)[C@@]2(O)CC[C@@H]3[C@@H]4CCC5=CC(=O)CC[C@]5(C)[C@H]4CC[C@]32C)cc1. The number of methoxy groups -OCH3 is 1. The summed E-state index contributed by atoms with van der Waals surface area (Å²) in [5.41, 5.74) is 0.296. The van der Waals surface area contributed by atoms with Crippen molar-refractivity contribution in [2.45, 2.75) is 90.1 Å². The molecule has 0 bridgehead atoms. The average molecular weight is 580 g/mol. The van der Waals surface area contributed by atoms with Crippen LogP contribution in [0.4, 0.5) is 0 Å². The lowest BCUT2D eigenvalue weighted by atomic mass is 9.46. The number of benzene rings is 1. The summed E-state index contributed by atoms with van der Waals surface area (Å²) in [5, 5.41) is 14.6. The number of carbonyl (C=O) groups excluding carboxylic acids is 4. The zero-order valence-electron chi connectivity index (χ0n) is 25.2. The van der Waals surface area contributed by atoms with Gasteiger partial charge in [-0.1, -0.05) is 31.6 Å². The smallest absolute Gasteiger partial charge is 0.306 e. The third-order valence-electron chi connectivity index (χ3n) is 11.4. The monoisotopic (exact) mass is 579 g/mol. The van der Waals surface area contributed by atoms with Gasteiger partial charge >= 0.3 is 5.97 Å². The van der Waals surface area contributed by atoms with Gasteiger partial charge in [-0.05, 0) is 98.3 Å². The fraction of sp³-hybridized carbons (Fsp3) is 0.647. The van der Waals surface area contributed by atoms with E-state index in [0.29, 0.717) is 37.6 Å². The van der Waals surface area contributed by atoms with E-state index in [1.807, 2.05) is 30.3 Å². The molecule has 4 aliphatic carbocycles. The summed E-state index contributed by atoms with van der Waals surface area (Å²) in [6.07, 6.45) is 8.60. The van der Waals surface area contributed by atoms with Crippen LogP contribution in [0.25, 0.3) is 0 Å². The van der Waals surface area contributed by atoms with Crippen molar-refractivity contribution in [2.24, 2.45) is 28.6 Å². The van der Waals surface area contributed by atoms with Crippen molar-refractivity contribution in [1.29, 1.82) is 0 Å². The molecule has 1 amide bonds. The van der Waals surface area contributed by atoms with Crippen LogP contribution < -0.4 is 10.1 Å². The lowest BCUT2D eigenvalue weighted by molar-refractivity contribution is -0.170.